The third kappa shape index (κ3) is 15.4. The van der Waals surface area contributed by atoms with Gasteiger partial charge < -0.3 is 64.0 Å². The average molecular weight is 1580 g/mol. The van der Waals surface area contributed by atoms with Crippen LogP contribution in [0, 0.1) is 34.3 Å². The van der Waals surface area contributed by atoms with Crippen LogP contribution in [0.1, 0.15) is 59.1 Å². The van der Waals surface area contributed by atoms with Crippen LogP contribution < -0.4 is 5.32 Å². The van der Waals surface area contributed by atoms with Gasteiger partial charge in [-0.2, -0.15) is 6.92 Å². The Morgan fingerprint density at radius 2 is 0.939 bits per heavy atom. The molecule has 4 radical (unpaired) electrons. The number of ketones is 1. The van der Waals surface area contributed by atoms with Crippen LogP contribution in [0.25, 0.3) is 61.4 Å². The Labute approximate surface area is 432 Å². The molecule has 10 heterocycles. The number of hydrogen-bond donors (Lipinski definition) is 7. The average Bonchev–Trinajstić information content (AvgIpc) is 4.13. The van der Waals surface area contributed by atoms with Gasteiger partial charge in [0.25, 0.3) is 0 Å². The number of imidazole rings is 5. The van der Waals surface area contributed by atoms with Crippen LogP contribution in [0.15, 0.2) is 76.1 Å². The van der Waals surface area contributed by atoms with E-state index in [9.17, 15) is 9.90 Å². The van der Waals surface area contributed by atoms with Gasteiger partial charge in [0.15, 0.2) is 28.2 Å². The Morgan fingerprint density at radius 1 is 0.606 bits per heavy atom. The second kappa shape index (κ2) is 29.0. The molecule has 0 spiro atoms. The van der Waals surface area contributed by atoms with E-state index in [4.69, 9.17) is 6.58 Å². The van der Waals surface area contributed by atoms with Gasteiger partial charge in [0, 0.05) is 111 Å². The summed E-state index contributed by atoms with van der Waals surface area (Å²) in [5.41, 5.74) is 10.9. The first kappa shape index (κ1) is 58.2. The maximum absolute atomic E-state index is 10.9. The molecule has 0 amide bonds. The van der Waals surface area contributed by atoms with Crippen LogP contribution in [0.5, 0.6) is 0 Å². The smallest absolute Gasteiger partial charge is 0.180 e. The molecule has 0 aliphatic carbocycles. The molecule has 10 rings (SSSR count). The largest absolute Gasteiger partial charge is 0.419 e. The van der Waals surface area contributed by atoms with Crippen molar-refractivity contribution >= 4 is 67.2 Å². The number of nitrogens with one attached hydrogen (secondary N) is 6. The number of hydrogen-bond acceptors (Lipinski definition) is 18. The molecule has 10 aromatic heterocycles. The summed E-state index contributed by atoms with van der Waals surface area (Å²) in [6, 6.07) is 0. The van der Waals surface area contributed by atoms with E-state index in [1.807, 2.05) is 20.9 Å². The maximum Gasteiger partial charge on any atom is 0.180 e. The molecule has 2 unspecified atom stereocenters. The second-order valence-electron chi connectivity index (χ2n) is 12.4. The van der Waals surface area contributed by atoms with Crippen LogP contribution in [-0.2, 0) is 81.7 Å². The Hall–Kier alpha value is -5.82. The number of rotatable bonds is 5. The van der Waals surface area contributed by atoms with E-state index >= 15 is 0 Å². The summed E-state index contributed by atoms with van der Waals surface area (Å²) in [5.74, 6) is -0.192. The van der Waals surface area contributed by atoms with E-state index in [1.165, 1.54) is 44.3 Å². The van der Waals surface area contributed by atoms with Gasteiger partial charge in [-0.15, -0.1) is 5.92 Å². The standard InChI is InChI=1S/C8H9N4.C8H7N4.C7H7N4O.C7H5N4O.C6H6N4.C3H7N.4Re/c2*1-5(2)6-7-8(11-3-9-6)12-4-10-7;2*1-4(12)5-6-7(10-2-8-5)11-3-9-6;1-4-5-6(9-2-7-4)10-3-8-5;1-3-4-2;;;;/h3-5H,1H2,2H3,(H,9,10,11,12);1,3-4H,2H3,(H,9,10,11,12);2-4,12H,1H2,(H,8,9,10,11);2-3H,1H2,(H,8,9,10,11);2-3H,1H3,(H,7,8,9,10);3-4H,1H2,2H3;;;;/q4*-1;;;;;;. The molecule has 0 fully saturated rings. The monoisotopic (exact) mass is 1580 g/mol. The zero-order valence-electron chi connectivity index (χ0n) is 35.5. The Bertz CT molecular complexity index is 2860. The van der Waals surface area contributed by atoms with E-state index in [2.05, 4.69) is 132 Å². The fraction of sp³-hybridized carbons (Fsp3) is 0.154. The number of carbonyl (C=O) groups excluding carboxylic acids is 1. The van der Waals surface area contributed by atoms with E-state index in [0.717, 1.165) is 39.3 Å². The molecule has 0 aliphatic rings. The number of aromatic amines is 5. The van der Waals surface area contributed by atoms with Gasteiger partial charge in [0.2, 0.25) is 0 Å². The molecule has 10 aromatic rings. The maximum atomic E-state index is 10.9. The summed E-state index contributed by atoms with van der Waals surface area (Å²) in [5, 5.41) is 11.9. The van der Waals surface area contributed by atoms with Crippen molar-refractivity contribution in [2.45, 2.75) is 32.8 Å². The number of aliphatic hydroxyl groups is 1. The molecule has 0 bridgehead atoms. The molecule has 2 atom stereocenters. The second-order valence-corrected chi connectivity index (χ2v) is 12.4. The third-order valence-corrected chi connectivity index (χ3v) is 7.99. The molecule has 7 N–H and O–H groups in total. The fourth-order valence-electron chi connectivity index (χ4n) is 5.12. The first-order valence-electron chi connectivity index (χ1n) is 18.2. The Kier molecular flexibility index (Phi) is 25.5. The van der Waals surface area contributed by atoms with Crippen LogP contribution in [0.4, 0.5) is 0 Å². The molecule has 66 heavy (non-hydrogen) atoms. The number of Topliss-reactive ketones (excluding diaryl/α,β-unsaturated/α-hetero) is 1. The van der Waals surface area contributed by atoms with Crippen molar-refractivity contribution in [1.82, 2.24) is 105 Å². The molecule has 23 nitrogen and oxygen atoms in total. The summed E-state index contributed by atoms with van der Waals surface area (Å²) >= 11 is 0. The van der Waals surface area contributed by atoms with Crippen molar-refractivity contribution in [3.63, 3.8) is 0 Å². The number of allylic oxidation sites excluding steroid dienone is 1. The number of carbonyl (C=O) groups is 1. The van der Waals surface area contributed by atoms with Gasteiger partial charge in [0.05, 0.1) is 55.7 Å². The number of aryl methyl sites for hydroxylation is 1. The number of nitrogens with zero attached hydrogens (tertiary/aromatic N) is 15. The minimum absolute atomic E-state index is 0. The van der Waals surface area contributed by atoms with E-state index < -0.39 is 6.10 Å². The molecule has 346 valence electrons. The summed E-state index contributed by atoms with van der Waals surface area (Å²) in [4.78, 5) is 84.7. The zero-order chi connectivity index (χ0) is 44.6. The quantitative estimate of drug-likeness (QED) is 0.0943. The molecular weight excluding hydrogens is 1540 g/mol. The van der Waals surface area contributed by atoms with Gasteiger partial charge in [-0.05, 0) is 24.9 Å². The van der Waals surface area contributed by atoms with Crippen molar-refractivity contribution < 1.29 is 91.6 Å². The minimum Gasteiger partial charge on any atom is -0.419 e. The van der Waals surface area contributed by atoms with Gasteiger partial charge in [-0.3, -0.25) is 6.58 Å². The SMILES string of the molecule is C=CNC.Cc1ncnc2nc[nH]c12.[CH-]=C(C)c1ncnc2nc[nH]c12.[CH2-]C(=O)c1ncnc2nc[nH]c12.[CH2-]C(C)c1ncnc2nc[nH]c12.[CH2-]C(O)c1ncnc2nc[nH]c12.[Re].[Re].[Re].[Re]. The van der Waals surface area contributed by atoms with E-state index in [1.54, 1.807) is 32.1 Å². The number of aromatic nitrogens is 20. The minimum atomic E-state index is -0.851. The Balaban J connectivity index is 0.000000399. The fourth-order valence-corrected chi connectivity index (χ4v) is 5.12. The van der Waals surface area contributed by atoms with Gasteiger partial charge >= 0.3 is 0 Å². The summed E-state index contributed by atoms with van der Waals surface area (Å²) in [6.07, 6.45) is 15.7. The molecular formula is C39H41N21O2Re4-4. The Morgan fingerprint density at radius 3 is 1.33 bits per heavy atom. The summed E-state index contributed by atoms with van der Waals surface area (Å²) < 4.78 is 0. The molecule has 0 aromatic carbocycles. The van der Waals surface area contributed by atoms with Gasteiger partial charge in [-0.1, -0.05) is 26.1 Å². The van der Waals surface area contributed by atoms with Crippen LogP contribution in [0.3, 0.4) is 0 Å². The van der Waals surface area contributed by atoms with Crippen molar-refractivity contribution in [3.8, 4) is 0 Å². The zero-order valence-corrected chi connectivity index (χ0v) is 46.4. The molecule has 0 aliphatic heterocycles. The van der Waals surface area contributed by atoms with Crippen molar-refractivity contribution in [3.05, 3.63) is 132 Å². The number of aliphatic hydroxyl groups excluding tert-OH is 1. The summed E-state index contributed by atoms with van der Waals surface area (Å²) in [6.45, 7) is 25.3. The van der Waals surface area contributed by atoms with Crippen molar-refractivity contribution in [2.24, 2.45) is 0 Å². The molecule has 0 saturated carbocycles. The van der Waals surface area contributed by atoms with E-state index in [-0.39, 0.29) is 99.1 Å². The normalized spacial score (nSPS) is 10.6. The van der Waals surface area contributed by atoms with Crippen molar-refractivity contribution in [2.75, 3.05) is 7.05 Å². The third-order valence-electron chi connectivity index (χ3n) is 7.99. The van der Waals surface area contributed by atoms with Gasteiger partial charge in [0.1, 0.15) is 35.5 Å². The topological polar surface area (TPSA) is 322 Å². The predicted molar refractivity (Wildman–Crippen MR) is 230 cm³/mol. The van der Waals surface area contributed by atoms with Gasteiger partial charge in [-0.25, -0.2) is 70.4 Å². The van der Waals surface area contributed by atoms with Crippen LogP contribution in [0.2, 0.25) is 0 Å². The van der Waals surface area contributed by atoms with Crippen LogP contribution in [-0.4, -0.2) is 118 Å². The number of H-pyrrole nitrogens is 5. The first-order valence-corrected chi connectivity index (χ1v) is 18.2. The predicted octanol–water partition coefficient (Wildman–Crippen LogP) is 4.07. The van der Waals surface area contributed by atoms with Crippen molar-refractivity contribution in [1.29, 1.82) is 0 Å². The van der Waals surface area contributed by atoms with E-state index in [0.29, 0.717) is 44.9 Å². The molecule has 0 saturated heterocycles. The summed E-state index contributed by atoms with van der Waals surface area (Å²) in [7, 11) is 1.81. The van der Waals surface area contributed by atoms with Crippen LogP contribution >= 0.6 is 0 Å². The molecule has 27 heteroatoms. The first-order chi connectivity index (χ1) is 29.9. The number of fused-ring (bicyclic) bond motifs is 5.